The first-order valence-electron chi connectivity index (χ1n) is 8.80. The van der Waals surface area contributed by atoms with Crippen molar-refractivity contribution in [2.24, 2.45) is 0 Å². The minimum absolute atomic E-state index is 0.101. The van der Waals surface area contributed by atoms with E-state index in [9.17, 15) is 4.79 Å². The third-order valence-corrected chi connectivity index (χ3v) is 4.49. The molecule has 1 aliphatic rings. The largest absolute Gasteiger partial charge is 0.448 e. The van der Waals surface area contributed by atoms with Crippen molar-refractivity contribution in [3.63, 3.8) is 0 Å². The van der Waals surface area contributed by atoms with E-state index in [2.05, 4.69) is 20.3 Å². The lowest BCUT2D eigenvalue weighted by molar-refractivity contribution is 0.0756. The third kappa shape index (κ3) is 3.85. The first-order valence-corrected chi connectivity index (χ1v) is 8.80. The summed E-state index contributed by atoms with van der Waals surface area (Å²) in [5.74, 6) is 2.01. The lowest BCUT2D eigenvalue weighted by Gasteiger charge is -2.19. The highest BCUT2D eigenvalue weighted by Gasteiger charge is 2.26. The van der Waals surface area contributed by atoms with Crippen LogP contribution in [-0.2, 0) is 17.6 Å². The highest BCUT2D eigenvalue weighted by molar-refractivity contribution is 5.93. The molecule has 1 atom stereocenters. The van der Waals surface area contributed by atoms with E-state index < -0.39 is 0 Å². The normalized spacial score (nSPS) is 15.3. The molecule has 0 aliphatic carbocycles. The van der Waals surface area contributed by atoms with Crippen molar-refractivity contribution in [2.75, 3.05) is 32.1 Å². The molecule has 0 radical (unpaired) electrons. The summed E-state index contributed by atoms with van der Waals surface area (Å²) in [6.07, 6.45) is 2.69. The van der Waals surface area contributed by atoms with Gasteiger partial charge >= 0.3 is 0 Å². The van der Waals surface area contributed by atoms with Crippen LogP contribution in [0.5, 0.6) is 0 Å². The number of nitrogens with zero attached hydrogens (tertiary/aromatic N) is 4. The lowest BCUT2D eigenvalue weighted by Crippen LogP contribution is -2.34. The van der Waals surface area contributed by atoms with Crippen LogP contribution in [0.2, 0.25) is 0 Å². The number of nitrogens with one attached hydrogen (secondary N) is 1. The number of amides is 1. The van der Waals surface area contributed by atoms with Gasteiger partial charge in [0.15, 0.2) is 12.1 Å². The molecule has 140 valence electrons. The van der Waals surface area contributed by atoms with E-state index in [1.165, 1.54) is 6.39 Å². The van der Waals surface area contributed by atoms with Crippen molar-refractivity contribution < 1.29 is 13.9 Å². The summed E-state index contributed by atoms with van der Waals surface area (Å²) >= 11 is 0. The Morgan fingerprint density at radius 3 is 2.81 bits per heavy atom. The zero-order valence-electron chi connectivity index (χ0n) is 15.7. The van der Waals surface area contributed by atoms with Crippen molar-refractivity contribution in [1.82, 2.24) is 19.9 Å². The van der Waals surface area contributed by atoms with Crippen molar-refractivity contribution in [1.29, 1.82) is 0 Å². The average Bonchev–Trinajstić information content (AvgIpc) is 2.90. The van der Waals surface area contributed by atoms with Gasteiger partial charge in [0.2, 0.25) is 0 Å². The molecule has 0 aromatic carbocycles. The van der Waals surface area contributed by atoms with E-state index >= 15 is 0 Å². The monoisotopic (exact) mass is 359 g/mol. The minimum Gasteiger partial charge on any atom is -0.448 e. The van der Waals surface area contributed by atoms with E-state index in [1.807, 2.05) is 18.7 Å². The van der Waals surface area contributed by atoms with Crippen LogP contribution in [-0.4, -0.2) is 58.6 Å². The predicted octanol–water partition coefficient (Wildman–Crippen LogP) is 1.77. The van der Waals surface area contributed by atoms with Crippen LogP contribution in [0.25, 0.3) is 0 Å². The Labute approximate surface area is 153 Å². The maximum atomic E-state index is 12.7. The van der Waals surface area contributed by atoms with E-state index in [0.717, 1.165) is 22.9 Å². The number of carbonyl (C=O) groups is 1. The fourth-order valence-electron chi connectivity index (χ4n) is 3.23. The Morgan fingerprint density at radius 1 is 1.35 bits per heavy atom. The number of aromatic nitrogens is 3. The molecule has 3 heterocycles. The Morgan fingerprint density at radius 2 is 2.12 bits per heavy atom. The molecule has 0 spiro atoms. The van der Waals surface area contributed by atoms with Gasteiger partial charge in [0.25, 0.3) is 5.91 Å². The van der Waals surface area contributed by atoms with E-state index in [0.29, 0.717) is 44.0 Å². The summed E-state index contributed by atoms with van der Waals surface area (Å²) < 4.78 is 10.4. The fourth-order valence-corrected chi connectivity index (χ4v) is 3.23. The first-order chi connectivity index (χ1) is 12.5. The maximum Gasteiger partial charge on any atom is 0.276 e. The number of oxazole rings is 1. The SMILES string of the molecule is COCC(C)Nc1nc(C)nc2c1CCN(C(=O)c1ncoc1C)CC2. The summed E-state index contributed by atoms with van der Waals surface area (Å²) in [4.78, 5) is 27.8. The molecule has 1 amide bonds. The lowest BCUT2D eigenvalue weighted by atomic mass is 10.1. The molecule has 0 saturated carbocycles. The van der Waals surface area contributed by atoms with E-state index in [4.69, 9.17) is 9.15 Å². The Hall–Kier alpha value is -2.48. The van der Waals surface area contributed by atoms with Gasteiger partial charge in [-0.2, -0.15) is 0 Å². The molecule has 1 N–H and O–H groups in total. The highest BCUT2D eigenvalue weighted by Crippen LogP contribution is 2.23. The number of hydrogen-bond acceptors (Lipinski definition) is 7. The van der Waals surface area contributed by atoms with Gasteiger partial charge in [0, 0.05) is 38.2 Å². The number of carbonyl (C=O) groups excluding carboxylic acids is 1. The third-order valence-electron chi connectivity index (χ3n) is 4.49. The molecular weight excluding hydrogens is 334 g/mol. The molecule has 2 aromatic heterocycles. The van der Waals surface area contributed by atoms with Crippen molar-refractivity contribution >= 4 is 11.7 Å². The number of hydrogen-bond donors (Lipinski definition) is 1. The second-order valence-corrected chi connectivity index (χ2v) is 6.59. The van der Waals surface area contributed by atoms with Crippen LogP contribution >= 0.6 is 0 Å². The predicted molar refractivity (Wildman–Crippen MR) is 96.3 cm³/mol. The molecule has 26 heavy (non-hydrogen) atoms. The van der Waals surface area contributed by atoms with Gasteiger partial charge in [-0.15, -0.1) is 0 Å². The number of fused-ring (bicyclic) bond motifs is 1. The van der Waals surface area contributed by atoms with Crippen LogP contribution in [0.3, 0.4) is 0 Å². The molecule has 2 aromatic rings. The zero-order chi connectivity index (χ0) is 18.7. The minimum atomic E-state index is -0.101. The summed E-state index contributed by atoms with van der Waals surface area (Å²) in [5.41, 5.74) is 2.45. The fraction of sp³-hybridized carbons (Fsp3) is 0.556. The molecule has 1 aliphatic heterocycles. The number of ether oxygens (including phenoxy) is 1. The van der Waals surface area contributed by atoms with Crippen LogP contribution in [0, 0.1) is 13.8 Å². The molecule has 0 saturated heterocycles. The standard InChI is InChI=1S/C18H25N5O3/c1-11(9-25-4)20-17-14-5-7-23(8-6-15(14)21-13(3)22-17)18(24)16-12(2)26-10-19-16/h10-11H,5-9H2,1-4H3,(H,20,21,22). The quantitative estimate of drug-likeness (QED) is 0.869. The summed E-state index contributed by atoms with van der Waals surface area (Å²) in [5, 5.41) is 3.41. The van der Waals surface area contributed by atoms with Crippen LogP contribution in [0.1, 0.15) is 40.3 Å². The number of methoxy groups -OCH3 is 1. The highest BCUT2D eigenvalue weighted by atomic mass is 16.5. The Kier molecular flexibility index (Phi) is 5.51. The van der Waals surface area contributed by atoms with Gasteiger partial charge < -0.3 is 19.4 Å². The van der Waals surface area contributed by atoms with Gasteiger partial charge in [-0.25, -0.2) is 15.0 Å². The number of rotatable bonds is 5. The second-order valence-electron chi connectivity index (χ2n) is 6.59. The number of anilines is 1. The average molecular weight is 359 g/mol. The summed E-state index contributed by atoms with van der Waals surface area (Å²) in [7, 11) is 1.68. The van der Waals surface area contributed by atoms with Crippen molar-refractivity contribution in [3.8, 4) is 0 Å². The maximum absolute atomic E-state index is 12.7. The number of aryl methyl sites for hydroxylation is 2. The molecule has 0 bridgehead atoms. The van der Waals surface area contributed by atoms with Crippen LogP contribution in [0.15, 0.2) is 10.8 Å². The van der Waals surface area contributed by atoms with Gasteiger partial charge in [0.1, 0.15) is 17.4 Å². The summed E-state index contributed by atoms with van der Waals surface area (Å²) in [6.45, 7) is 7.47. The van der Waals surface area contributed by atoms with Crippen molar-refractivity contribution in [3.05, 3.63) is 34.9 Å². The van der Waals surface area contributed by atoms with Crippen molar-refractivity contribution in [2.45, 2.75) is 39.7 Å². The van der Waals surface area contributed by atoms with E-state index in [-0.39, 0.29) is 11.9 Å². The molecule has 8 nitrogen and oxygen atoms in total. The zero-order valence-corrected chi connectivity index (χ0v) is 15.7. The van der Waals surface area contributed by atoms with E-state index in [1.54, 1.807) is 14.0 Å². The van der Waals surface area contributed by atoms with Crippen LogP contribution in [0.4, 0.5) is 5.82 Å². The van der Waals surface area contributed by atoms with Gasteiger partial charge in [0.05, 0.1) is 12.3 Å². The van der Waals surface area contributed by atoms with Gasteiger partial charge in [-0.3, -0.25) is 4.79 Å². The van der Waals surface area contributed by atoms with Crippen LogP contribution < -0.4 is 5.32 Å². The van der Waals surface area contributed by atoms with Gasteiger partial charge in [-0.05, 0) is 27.2 Å². The Balaban J connectivity index is 1.80. The summed E-state index contributed by atoms with van der Waals surface area (Å²) in [6, 6.07) is 0.136. The second kappa shape index (κ2) is 7.82. The topological polar surface area (TPSA) is 93.4 Å². The molecule has 0 fully saturated rings. The van der Waals surface area contributed by atoms with Gasteiger partial charge in [-0.1, -0.05) is 0 Å². The first kappa shape index (κ1) is 18.3. The smallest absolute Gasteiger partial charge is 0.276 e. The molecule has 1 unspecified atom stereocenters. The molecule has 3 rings (SSSR count). The molecular formula is C18H25N5O3. The molecule has 8 heteroatoms. The Bertz CT molecular complexity index is 789.